The van der Waals surface area contributed by atoms with Crippen LogP contribution in [0.25, 0.3) is 0 Å². The zero-order valence-corrected chi connectivity index (χ0v) is 14.4. The first-order chi connectivity index (χ1) is 10.5. The Morgan fingerprint density at radius 1 is 1.27 bits per heavy atom. The maximum atomic E-state index is 11.8. The van der Waals surface area contributed by atoms with E-state index in [1.54, 1.807) is 0 Å². The van der Waals surface area contributed by atoms with Gasteiger partial charge >= 0.3 is 0 Å². The molecule has 1 amide bonds. The monoisotopic (exact) mass is 362 g/mol. The zero-order valence-electron chi connectivity index (χ0n) is 12.2. The first-order valence-electron chi connectivity index (χ1n) is 7.10. The fraction of sp³-hybridized carbons (Fsp3) is 0.467. The van der Waals surface area contributed by atoms with Gasteiger partial charge in [0.15, 0.2) is 6.61 Å². The van der Waals surface area contributed by atoms with Gasteiger partial charge in [0, 0.05) is 11.8 Å². The minimum Gasteiger partial charge on any atom is -0.482 e. The molecule has 1 N–H and O–H groups in total. The van der Waals surface area contributed by atoms with E-state index in [2.05, 4.69) is 17.5 Å². The number of ether oxygens (including phenoxy) is 1. The fourth-order valence-corrected chi connectivity index (χ4v) is 2.85. The molecule has 0 spiro atoms. The van der Waals surface area contributed by atoms with Crippen LogP contribution in [0.15, 0.2) is 17.2 Å². The maximum absolute atomic E-state index is 11.8. The van der Waals surface area contributed by atoms with Crippen molar-refractivity contribution in [3.05, 3.63) is 27.2 Å². The Labute approximate surface area is 144 Å². The van der Waals surface area contributed by atoms with E-state index in [0.29, 0.717) is 26.7 Å². The Morgan fingerprint density at radius 3 is 2.73 bits per heavy atom. The predicted octanol–water partition coefficient (Wildman–Crippen LogP) is 4.71. The predicted molar refractivity (Wildman–Crippen MR) is 90.2 cm³/mol. The molecule has 1 saturated carbocycles. The Kier molecular flexibility index (Phi) is 6.36. The van der Waals surface area contributed by atoms with Gasteiger partial charge in [0.25, 0.3) is 5.91 Å². The third-order valence-electron chi connectivity index (χ3n) is 3.55. The second-order valence-electron chi connectivity index (χ2n) is 5.27. The summed E-state index contributed by atoms with van der Waals surface area (Å²) < 4.78 is 5.34. The van der Waals surface area contributed by atoms with Gasteiger partial charge in [-0.25, -0.2) is 5.43 Å². The number of nitrogens with zero attached hydrogens (tertiary/aromatic N) is 1. The Morgan fingerprint density at radius 2 is 2.00 bits per heavy atom. The second kappa shape index (κ2) is 8.04. The number of carbonyl (C=O) groups excluding carboxylic acids is 1. The van der Waals surface area contributed by atoms with Crippen LogP contribution in [-0.2, 0) is 4.79 Å². The molecular weight excluding hydrogens is 347 g/mol. The average Bonchev–Trinajstić information content (AvgIpc) is 2.49. The number of hydrazone groups is 1. The molecule has 0 saturated heterocycles. The fourth-order valence-electron chi connectivity index (χ4n) is 2.26. The summed E-state index contributed by atoms with van der Waals surface area (Å²) in [7, 11) is 0. The lowest BCUT2D eigenvalue weighted by Crippen LogP contribution is -2.28. The summed E-state index contributed by atoms with van der Waals surface area (Å²) >= 11 is 17.7. The highest BCUT2D eigenvalue weighted by Crippen LogP contribution is 2.33. The first kappa shape index (κ1) is 17.4. The van der Waals surface area contributed by atoms with Gasteiger partial charge in [-0.3, -0.25) is 4.79 Å². The molecule has 0 aliphatic heterocycles. The van der Waals surface area contributed by atoms with Crippen molar-refractivity contribution in [1.29, 1.82) is 0 Å². The molecule has 1 aliphatic rings. The van der Waals surface area contributed by atoms with Crippen molar-refractivity contribution in [3.63, 3.8) is 0 Å². The van der Waals surface area contributed by atoms with Crippen LogP contribution >= 0.6 is 34.8 Å². The number of halogens is 3. The van der Waals surface area contributed by atoms with Crippen molar-refractivity contribution in [2.75, 3.05) is 6.61 Å². The number of hydrogen-bond donors (Lipinski definition) is 1. The van der Waals surface area contributed by atoms with Gasteiger partial charge in [0.1, 0.15) is 5.75 Å². The Balaban J connectivity index is 1.88. The molecule has 1 aromatic carbocycles. The Bertz CT molecular complexity index is 590. The molecular formula is C15H17Cl3N2O2. The van der Waals surface area contributed by atoms with E-state index in [1.807, 2.05) is 0 Å². The molecule has 4 nitrogen and oxygen atoms in total. The van der Waals surface area contributed by atoms with Crippen molar-refractivity contribution in [3.8, 4) is 5.75 Å². The summed E-state index contributed by atoms with van der Waals surface area (Å²) in [5.41, 5.74) is 3.55. The van der Waals surface area contributed by atoms with E-state index < -0.39 is 0 Å². The molecule has 0 bridgehead atoms. The number of hydrogen-bond acceptors (Lipinski definition) is 3. The molecule has 0 unspecified atom stereocenters. The number of carbonyl (C=O) groups is 1. The van der Waals surface area contributed by atoms with Gasteiger partial charge in [0.05, 0.1) is 15.1 Å². The number of nitrogens with one attached hydrogen (secondary N) is 1. The van der Waals surface area contributed by atoms with Crippen molar-refractivity contribution in [2.45, 2.75) is 32.6 Å². The summed E-state index contributed by atoms with van der Waals surface area (Å²) in [6.07, 6.45) is 4.38. The number of amides is 1. The topological polar surface area (TPSA) is 50.7 Å². The smallest absolute Gasteiger partial charge is 0.277 e. The molecule has 0 heterocycles. The average molecular weight is 364 g/mol. The van der Waals surface area contributed by atoms with Crippen molar-refractivity contribution < 1.29 is 9.53 Å². The highest BCUT2D eigenvalue weighted by Gasteiger charge is 2.16. The standard InChI is InChI=1S/C15H17Cl3N2O2/c1-9-4-2-3-5-13(9)19-20-15(21)8-22-14-7-11(17)10(16)6-12(14)18/h6-7,9H,2-5,8H2,1H3,(H,20,21)/b19-13-/t9-/m0/s1. The van der Waals surface area contributed by atoms with E-state index in [1.165, 1.54) is 18.6 Å². The van der Waals surface area contributed by atoms with Crippen LogP contribution in [-0.4, -0.2) is 18.2 Å². The van der Waals surface area contributed by atoms with Crippen molar-refractivity contribution in [1.82, 2.24) is 5.43 Å². The summed E-state index contributed by atoms with van der Waals surface area (Å²) in [5.74, 6) is 0.386. The van der Waals surface area contributed by atoms with Crippen molar-refractivity contribution >= 4 is 46.4 Å². The van der Waals surface area contributed by atoms with Crippen LogP contribution < -0.4 is 10.2 Å². The highest BCUT2D eigenvalue weighted by molar-refractivity contribution is 6.43. The van der Waals surface area contributed by atoms with E-state index >= 15 is 0 Å². The maximum Gasteiger partial charge on any atom is 0.277 e. The molecule has 1 fully saturated rings. The van der Waals surface area contributed by atoms with Crippen LogP contribution in [0.2, 0.25) is 15.1 Å². The SMILES string of the molecule is C[C@H]1CCCC/C1=N/NC(=O)COc1cc(Cl)c(Cl)cc1Cl. The molecule has 0 radical (unpaired) electrons. The molecule has 120 valence electrons. The van der Waals surface area contributed by atoms with Crippen LogP contribution in [0.4, 0.5) is 0 Å². The molecule has 7 heteroatoms. The number of benzene rings is 1. The van der Waals surface area contributed by atoms with Crippen LogP contribution in [0.3, 0.4) is 0 Å². The van der Waals surface area contributed by atoms with E-state index in [0.717, 1.165) is 25.0 Å². The molecule has 1 atom stereocenters. The minimum atomic E-state index is -0.340. The van der Waals surface area contributed by atoms with Gasteiger partial charge in [-0.1, -0.05) is 48.1 Å². The lowest BCUT2D eigenvalue weighted by molar-refractivity contribution is -0.123. The van der Waals surface area contributed by atoms with Crippen LogP contribution in [0.5, 0.6) is 5.75 Å². The Hall–Kier alpha value is -0.970. The lowest BCUT2D eigenvalue weighted by Gasteiger charge is -2.19. The van der Waals surface area contributed by atoms with Gasteiger partial charge in [-0.2, -0.15) is 5.10 Å². The third kappa shape index (κ3) is 4.77. The third-order valence-corrected chi connectivity index (χ3v) is 4.56. The molecule has 2 rings (SSSR count). The van der Waals surface area contributed by atoms with Crippen LogP contribution in [0, 0.1) is 5.92 Å². The number of rotatable bonds is 4. The normalized spacial score (nSPS) is 20.0. The zero-order chi connectivity index (χ0) is 16.1. The molecule has 0 aromatic heterocycles. The summed E-state index contributed by atoms with van der Waals surface area (Å²) in [4.78, 5) is 11.8. The van der Waals surface area contributed by atoms with Gasteiger partial charge in [-0.05, 0) is 31.2 Å². The van der Waals surface area contributed by atoms with Gasteiger partial charge in [0.2, 0.25) is 0 Å². The molecule has 22 heavy (non-hydrogen) atoms. The highest BCUT2D eigenvalue weighted by atomic mass is 35.5. The minimum absolute atomic E-state index is 0.192. The summed E-state index contributed by atoms with van der Waals surface area (Å²) in [5, 5.41) is 5.14. The van der Waals surface area contributed by atoms with E-state index in [-0.39, 0.29) is 12.5 Å². The quantitative estimate of drug-likeness (QED) is 0.622. The molecule has 1 aliphatic carbocycles. The lowest BCUT2D eigenvalue weighted by atomic mass is 9.89. The van der Waals surface area contributed by atoms with Crippen molar-refractivity contribution in [2.24, 2.45) is 11.0 Å². The summed E-state index contributed by atoms with van der Waals surface area (Å²) in [6, 6.07) is 2.96. The first-order valence-corrected chi connectivity index (χ1v) is 8.23. The summed E-state index contributed by atoms with van der Waals surface area (Å²) in [6.45, 7) is 1.93. The van der Waals surface area contributed by atoms with Crippen LogP contribution in [0.1, 0.15) is 32.6 Å². The second-order valence-corrected chi connectivity index (χ2v) is 6.49. The largest absolute Gasteiger partial charge is 0.482 e. The van der Waals surface area contributed by atoms with E-state index in [9.17, 15) is 4.79 Å². The van der Waals surface area contributed by atoms with E-state index in [4.69, 9.17) is 39.5 Å². The van der Waals surface area contributed by atoms with Gasteiger partial charge in [-0.15, -0.1) is 0 Å². The van der Waals surface area contributed by atoms with Gasteiger partial charge < -0.3 is 4.74 Å². The molecule has 1 aromatic rings.